The third-order valence-corrected chi connectivity index (χ3v) is 3.75. The molecule has 1 atom stereocenters. The van der Waals surface area contributed by atoms with E-state index in [9.17, 15) is 4.39 Å². The molecule has 0 aliphatic heterocycles. The third-order valence-electron chi connectivity index (χ3n) is 3.44. The summed E-state index contributed by atoms with van der Waals surface area (Å²) >= 11 is 6.16. The van der Waals surface area contributed by atoms with Gasteiger partial charge in [-0.15, -0.1) is 0 Å². The zero-order chi connectivity index (χ0) is 14.8. The molecule has 0 saturated heterocycles. The Hall–Kier alpha value is -2.13. The second kappa shape index (κ2) is 5.70. The number of benzene rings is 2. The van der Waals surface area contributed by atoms with Crippen molar-refractivity contribution < 1.29 is 4.39 Å². The van der Waals surface area contributed by atoms with Crippen LogP contribution in [0.2, 0.25) is 5.02 Å². The monoisotopic (exact) mass is 300 g/mol. The SMILES string of the molecule is CC(Nc1ccc(Cl)c2ncccc12)c1cccc(F)c1. The lowest BCUT2D eigenvalue weighted by molar-refractivity contribution is 0.623. The van der Waals surface area contributed by atoms with Crippen LogP contribution in [-0.2, 0) is 0 Å². The molecule has 0 amide bonds. The minimum Gasteiger partial charge on any atom is -0.378 e. The van der Waals surface area contributed by atoms with E-state index in [0.717, 1.165) is 22.2 Å². The maximum atomic E-state index is 13.3. The van der Waals surface area contributed by atoms with E-state index in [-0.39, 0.29) is 11.9 Å². The minimum atomic E-state index is -0.233. The van der Waals surface area contributed by atoms with Crippen LogP contribution in [0.25, 0.3) is 10.9 Å². The Kier molecular flexibility index (Phi) is 3.76. The number of nitrogens with one attached hydrogen (secondary N) is 1. The van der Waals surface area contributed by atoms with Crippen LogP contribution in [0.15, 0.2) is 54.7 Å². The van der Waals surface area contributed by atoms with Gasteiger partial charge in [-0.1, -0.05) is 23.7 Å². The van der Waals surface area contributed by atoms with Crippen LogP contribution >= 0.6 is 11.6 Å². The lowest BCUT2D eigenvalue weighted by Crippen LogP contribution is -2.07. The maximum Gasteiger partial charge on any atom is 0.123 e. The summed E-state index contributed by atoms with van der Waals surface area (Å²) < 4.78 is 13.3. The Bertz CT molecular complexity index is 789. The van der Waals surface area contributed by atoms with Gasteiger partial charge in [0, 0.05) is 23.3 Å². The number of aromatic nitrogens is 1. The second-order valence-corrected chi connectivity index (χ2v) is 5.32. The fourth-order valence-electron chi connectivity index (χ4n) is 2.36. The minimum absolute atomic E-state index is 0.0229. The van der Waals surface area contributed by atoms with E-state index in [1.165, 1.54) is 12.1 Å². The summed E-state index contributed by atoms with van der Waals surface area (Å²) in [7, 11) is 0. The van der Waals surface area contributed by atoms with E-state index in [1.54, 1.807) is 12.3 Å². The van der Waals surface area contributed by atoms with Gasteiger partial charge < -0.3 is 5.32 Å². The van der Waals surface area contributed by atoms with Crippen molar-refractivity contribution in [3.63, 3.8) is 0 Å². The predicted octanol–water partition coefficient (Wildman–Crippen LogP) is 5.20. The second-order valence-electron chi connectivity index (χ2n) is 4.92. The fourth-order valence-corrected chi connectivity index (χ4v) is 2.57. The van der Waals surface area contributed by atoms with E-state index < -0.39 is 0 Å². The van der Waals surface area contributed by atoms with Crippen LogP contribution in [-0.4, -0.2) is 4.98 Å². The highest BCUT2D eigenvalue weighted by atomic mass is 35.5. The summed E-state index contributed by atoms with van der Waals surface area (Å²) in [6.07, 6.45) is 1.72. The summed E-state index contributed by atoms with van der Waals surface area (Å²) in [5.41, 5.74) is 2.58. The molecular formula is C17H14ClFN2. The lowest BCUT2D eigenvalue weighted by Gasteiger charge is -2.17. The fraction of sp³-hybridized carbons (Fsp3) is 0.118. The quantitative estimate of drug-likeness (QED) is 0.719. The molecule has 106 valence electrons. The van der Waals surface area contributed by atoms with E-state index in [2.05, 4.69) is 10.3 Å². The molecule has 1 N–H and O–H groups in total. The number of fused-ring (bicyclic) bond motifs is 1. The molecule has 1 unspecified atom stereocenters. The van der Waals surface area contributed by atoms with E-state index in [0.29, 0.717) is 5.02 Å². The number of rotatable bonds is 3. The maximum absolute atomic E-state index is 13.3. The van der Waals surface area contributed by atoms with Gasteiger partial charge in [-0.2, -0.15) is 0 Å². The van der Waals surface area contributed by atoms with Gasteiger partial charge in [-0.25, -0.2) is 4.39 Å². The summed E-state index contributed by atoms with van der Waals surface area (Å²) in [6, 6.07) is 14.1. The van der Waals surface area contributed by atoms with Crippen LogP contribution in [0.1, 0.15) is 18.5 Å². The van der Waals surface area contributed by atoms with Crippen LogP contribution in [0.3, 0.4) is 0 Å². The lowest BCUT2D eigenvalue weighted by atomic mass is 10.1. The van der Waals surface area contributed by atoms with Crippen LogP contribution in [0, 0.1) is 5.82 Å². The van der Waals surface area contributed by atoms with Crippen molar-refractivity contribution in [3.8, 4) is 0 Å². The first-order valence-electron chi connectivity index (χ1n) is 6.70. The number of nitrogens with zero attached hydrogens (tertiary/aromatic N) is 1. The zero-order valence-corrected chi connectivity index (χ0v) is 12.2. The molecule has 1 heterocycles. The molecule has 0 spiro atoms. The average Bonchev–Trinajstić information content (AvgIpc) is 2.50. The normalized spacial score (nSPS) is 12.3. The van der Waals surface area contributed by atoms with Gasteiger partial charge in [0.05, 0.1) is 10.5 Å². The van der Waals surface area contributed by atoms with Gasteiger partial charge in [0.2, 0.25) is 0 Å². The zero-order valence-electron chi connectivity index (χ0n) is 11.5. The van der Waals surface area contributed by atoms with Gasteiger partial charge >= 0.3 is 0 Å². The average molecular weight is 301 g/mol. The number of hydrogen-bond acceptors (Lipinski definition) is 2. The van der Waals surface area contributed by atoms with Crippen molar-refractivity contribution in [1.82, 2.24) is 4.98 Å². The molecule has 3 rings (SSSR count). The number of anilines is 1. The highest BCUT2D eigenvalue weighted by Crippen LogP contribution is 2.30. The predicted molar refractivity (Wildman–Crippen MR) is 85.2 cm³/mol. The Morgan fingerprint density at radius 3 is 2.81 bits per heavy atom. The van der Waals surface area contributed by atoms with Crippen LogP contribution < -0.4 is 5.32 Å². The van der Waals surface area contributed by atoms with Crippen molar-refractivity contribution in [1.29, 1.82) is 0 Å². The first-order valence-corrected chi connectivity index (χ1v) is 7.08. The first-order chi connectivity index (χ1) is 10.1. The van der Waals surface area contributed by atoms with Gasteiger partial charge in [-0.3, -0.25) is 4.98 Å². The highest BCUT2D eigenvalue weighted by Gasteiger charge is 2.10. The Morgan fingerprint density at radius 1 is 1.14 bits per heavy atom. The largest absolute Gasteiger partial charge is 0.378 e. The summed E-state index contributed by atoms with van der Waals surface area (Å²) in [6.45, 7) is 1.99. The van der Waals surface area contributed by atoms with Gasteiger partial charge in [0.1, 0.15) is 5.82 Å². The molecule has 21 heavy (non-hydrogen) atoms. The number of halogens is 2. The smallest absolute Gasteiger partial charge is 0.123 e. The molecule has 2 aromatic carbocycles. The molecule has 0 aliphatic carbocycles. The van der Waals surface area contributed by atoms with Gasteiger partial charge in [0.15, 0.2) is 0 Å². The standard InChI is InChI=1S/C17H14ClFN2/c1-11(12-4-2-5-13(19)10-12)21-16-8-7-15(18)17-14(16)6-3-9-20-17/h2-11,21H,1H3. The Morgan fingerprint density at radius 2 is 2.00 bits per heavy atom. The van der Waals surface area contributed by atoms with Crippen molar-refractivity contribution in [2.75, 3.05) is 5.32 Å². The molecule has 0 saturated carbocycles. The van der Waals surface area contributed by atoms with Crippen molar-refractivity contribution >= 4 is 28.2 Å². The summed E-state index contributed by atoms with van der Waals surface area (Å²) in [5, 5.41) is 4.96. The van der Waals surface area contributed by atoms with Crippen LogP contribution in [0.4, 0.5) is 10.1 Å². The van der Waals surface area contributed by atoms with Crippen LogP contribution in [0.5, 0.6) is 0 Å². The number of pyridine rings is 1. The molecule has 0 radical (unpaired) electrons. The van der Waals surface area contributed by atoms with Crippen molar-refractivity contribution in [2.45, 2.75) is 13.0 Å². The van der Waals surface area contributed by atoms with Gasteiger partial charge in [-0.05, 0) is 48.9 Å². The highest BCUT2D eigenvalue weighted by molar-refractivity contribution is 6.35. The molecule has 0 fully saturated rings. The van der Waals surface area contributed by atoms with E-state index in [4.69, 9.17) is 11.6 Å². The third kappa shape index (κ3) is 2.83. The summed E-state index contributed by atoms with van der Waals surface area (Å²) in [4.78, 5) is 4.30. The Labute approximate surface area is 127 Å². The summed E-state index contributed by atoms with van der Waals surface area (Å²) in [5.74, 6) is -0.233. The van der Waals surface area contributed by atoms with Gasteiger partial charge in [0.25, 0.3) is 0 Å². The van der Waals surface area contributed by atoms with E-state index >= 15 is 0 Å². The molecule has 3 aromatic rings. The molecule has 0 aliphatic rings. The van der Waals surface area contributed by atoms with Crippen molar-refractivity contribution in [3.05, 3.63) is 71.1 Å². The molecular weight excluding hydrogens is 287 g/mol. The molecule has 0 bridgehead atoms. The van der Waals surface area contributed by atoms with E-state index in [1.807, 2.05) is 37.3 Å². The number of hydrogen-bond donors (Lipinski definition) is 1. The topological polar surface area (TPSA) is 24.9 Å². The first kappa shape index (κ1) is 13.8. The molecule has 1 aromatic heterocycles. The molecule has 4 heteroatoms. The molecule has 2 nitrogen and oxygen atoms in total. The van der Waals surface area contributed by atoms with Crippen molar-refractivity contribution in [2.24, 2.45) is 0 Å². The Balaban J connectivity index is 1.97.